The molecule has 0 bridgehead atoms. The van der Waals surface area contributed by atoms with Crippen LogP contribution in [0, 0.1) is 12.8 Å². The number of nitrogens with two attached hydrogens (primary N) is 1. The standard InChI is InChI=1S/C17H26BrN3/c1-13-2-5-15(16(18)10-13)17(11-19)21-8-6-20(7-9-21)12-14-3-4-14/h2,5,10,14,17H,3-4,6-9,11-12,19H2,1H3. The molecule has 1 aromatic rings. The molecule has 3 rings (SSSR count). The third-order valence-electron chi connectivity index (χ3n) is 4.80. The van der Waals surface area contributed by atoms with Crippen LogP contribution in [0.3, 0.4) is 0 Å². The van der Waals surface area contributed by atoms with Crippen LogP contribution in [0.1, 0.15) is 30.0 Å². The Bertz CT molecular complexity index is 479. The minimum absolute atomic E-state index is 0.336. The molecule has 1 saturated heterocycles. The molecule has 0 spiro atoms. The van der Waals surface area contributed by atoms with Crippen LogP contribution in [0.25, 0.3) is 0 Å². The van der Waals surface area contributed by atoms with Crippen LogP contribution in [0.15, 0.2) is 22.7 Å². The molecule has 1 unspecified atom stereocenters. The lowest BCUT2D eigenvalue weighted by atomic mass is 10.0. The van der Waals surface area contributed by atoms with Crippen molar-refractivity contribution in [2.75, 3.05) is 39.3 Å². The first-order chi connectivity index (χ1) is 10.2. The maximum Gasteiger partial charge on any atom is 0.0482 e. The molecule has 0 amide bonds. The molecule has 0 aromatic heterocycles. The highest BCUT2D eigenvalue weighted by molar-refractivity contribution is 9.10. The second kappa shape index (κ2) is 6.78. The van der Waals surface area contributed by atoms with Gasteiger partial charge in [-0.15, -0.1) is 0 Å². The van der Waals surface area contributed by atoms with E-state index in [-0.39, 0.29) is 0 Å². The molecule has 1 aliphatic heterocycles. The molecule has 1 saturated carbocycles. The van der Waals surface area contributed by atoms with E-state index >= 15 is 0 Å². The van der Waals surface area contributed by atoms with Gasteiger partial charge in [-0.1, -0.05) is 28.1 Å². The zero-order valence-electron chi connectivity index (χ0n) is 12.9. The third kappa shape index (κ3) is 3.86. The van der Waals surface area contributed by atoms with Gasteiger partial charge in [-0.2, -0.15) is 0 Å². The summed E-state index contributed by atoms with van der Waals surface area (Å²) in [6.07, 6.45) is 2.89. The van der Waals surface area contributed by atoms with Crippen molar-refractivity contribution in [3.63, 3.8) is 0 Å². The second-order valence-corrected chi connectivity index (χ2v) is 7.41. The molecular formula is C17H26BrN3. The fraction of sp³-hybridized carbons (Fsp3) is 0.647. The van der Waals surface area contributed by atoms with E-state index in [9.17, 15) is 0 Å². The van der Waals surface area contributed by atoms with Gasteiger partial charge in [0.1, 0.15) is 0 Å². The summed E-state index contributed by atoms with van der Waals surface area (Å²) in [6.45, 7) is 8.78. The van der Waals surface area contributed by atoms with Crippen molar-refractivity contribution in [1.82, 2.24) is 9.80 Å². The SMILES string of the molecule is Cc1ccc(C(CN)N2CCN(CC3CC3)CC2)c(Br)c1. The van der Waals surface area contributed by atoms with E-state index in [2.05, 4.69) is 50.9 Å². The Morgan fingerprint density at radius 3 is 2.52 bits per heavy atom. The Labute approximate surface area is 136 Å². The summed E-state index contributed by atoms with van der Waals surface area (Å²) in [6, 6.07) is 6.95. The monoisotopic (exact) mass is 351 g/mol. The first-order valence-electron chi connectivity index (χ1n) is 8.10. The molecule has 21 heavy (non-hydrogen) atoms. The van der Waals surface area contributed by atoms with Crippen molar-refractivity contribution in [1.29, 1.82) is 0 Å². The Balaban J connectivity index is 1.63. The molecule has 4 heteroatoms. The molecule has 2 aliphatic rings. The van der Waals surface area contributed by atoms with Crippen LogP contribution in [0.2, 0.25) is 0 Å². The minimum atomic E-state index is 0.336. The maximum absolute atomic E-state index is 6.09. The molecule has 1 atom stereocenters. The Morgan fingerprint density at radius 1 is 1.24 bits per heavy atom. The molecular weight excluding hydrogens is 326 g/mol. The molecule has 3 nitrogen and oxygen atoms in total. The van der Waals surface area contributed by atoms with E-state index in [0.717, 1.165) is 19.0 Å². The lowest BCUT2D eigenvalue weighted by molar-refractivity contribution is 0.0953. The highest BCUT2D eigenvalue weighted by Crippen LogP contribution is 2.31. The topological polar surface area (TPSA) is 32.5 Å². The Kier molecular flexibility index (Phi) is 4.99. The van der Waals surface area contributed by atoms with Crippen LogP contribution >= 0.6 is 15.9 Å². The summed E-state index contributed by atoms with van der Waals surface area (Å²) in [4.78, 5) is 5.19. The van der Waals surface area contributed by atoms with E-state index in [1.54, 1.807) is 0 Å². The van der Waals surface area contributed by atoms with Gasteiger partial charge in [-0.3, -0.25) is 4.90 Å². The number of halogens is 1. The number of aryl methyl sites for hydroxylation is 1. The van der Waals surface area contributed by atoms with Crippen molar-refractivity contribution in [3.05, 3.63) is 33.8 Å². The zero-order valence-corrected chi connectivity index (χ0v) is 14.5. The molecule has 2 N–H and O–H groups in total. The van der Waals surface area contributed by atoms with Gasteiger partial charge in [0.25, 0.3) is 0 Å². The van der Waals surface area contributed by atoms with E-state index in [0.29, 0.717) is 12.6 Å². The Hall–Kier alpha value is -0.420. The molecule has 1 aromatic carbocycles. The molecule has 1 heterocycles. The van der Waals surface area contributed by atoms with Crippen LogP contribution in [-0.4, -0.2) is 49.1 Å². The van der Waals surface area contributed by atoms with Gasteiger partial charge in [0.15, 0.2) is 0 Å². The van der Waals surface area contributed by atoms with Crippen molar-refractivity contribution in [2.24, 2.45) is 11.7 Å². The number of nitrogens with zero attached hydrogens (tertiary/aromatic N) is 2. The van der Waals surface area contributed by atoms with Crippen LogP contribution in [0.4, 0.5) is 0 Å². The molecule has 2 fully saturated rings. The van der Waals surface area contributed by atoms with Gasteiger partial charge >= 0.3 is 0 Å². The van der Waals surface area contributed by atoms with Gasteiger partial charge in [0.05, 0.1) is 0 Å². The predicted octanol–water partition coefficient (Wildman–Crippen LogP) is 2.78. The average molecular weight is 352 g/mol. The minimum Gasteiger partial charge on any atom is -0.329 e. The zero-order chi connectivity index (χ0) is 14.8. The highest BCUT2D eigenvalue weighted by atomic mass is 79.9. The number of rotatable bonds is 5. The van der Waals surface area contributed by atoms with Gasteiger partial charge in [0.2, 0.25) is 0 Å². The highest BCUT2D eigenvalue weighted by Gasteiger charge is 2.29. The lowest BCUT2D eigenvalue weighted by Crippen LogP contribution is -2.49. The van der Waals surface area contributed by atoms with Crippen molar-refractivity contribution >= 4 is 15.9 Å². The van der Waals surface area contributed by atoms with E-state index in [1.165, 1.54) is 48.1 Å². The van der Waals surface area contributed by atoms with Gasteiger partial charge in [-0.05, 0) is 42.9 Å². The summed E-state index contributed by atoms with van der Waals surface area (Å²) in [7, 11) is 0. The molecule has 0 radical (unpaired) electrons. The summed E-state index contributed by atoms with van der Waals surface area (Å²) < 4.78 is 1.19. The first kappa shape index (κ1) is 15.5. The fourth-order valence-corrected chi connectivity index (χ4v) is 4.06. The van der Waals surface area contributed by atoms with Crippen LogP contribution < -0.4 is 5.73 Å². The number of benzene rings is 1. The number of hydrogen-bond acceptors (Lipinski definition) is 3. The van der Waals surface area contributed by atoms with E-state index < -0.39 is 0 Å². The van der Waals surface area contributed by atoms with Crippen molar-refractivity contribution in [3.8, 4) is 0 Å². The van der Waals surface area contributed by atoms with E-state index in [1.807, 2.05) is 0 Å². The predicted molar refractivity (Wildman–Crippen MR) is 91.4 cm³/mol. The first-order valence-corrected chi connectivity index (χ1v) is 8.89. The normalized spacial score (nSPS) is 22.4. The summed E-state index contributed by atoms with van der Waals surface area (Å²) in [5.74, 6) is 0.994. The summed E-state index contributed by atoms with van der Waals surface area (Å²) in [5.41, 5.74) is 8.71. The largest absolute Gasteiger partial charge is 0.329 e. The number of hydrogen-bond donors (Lipinski definition) is 1. The quantitative estimate of drug-likeness (QED) is 0.885. The lowest BCUT2D eigenvalue weighted by Gasteiger charge is -2.39. The van der Waals surface area contributed by atoms with Crippen molar-refractivity contribution in [2.45, 2.75) is 25.8 Å². The van der Waals surface area contributed by atoms with Crippen molar-refractivity contribution < 1.29 is 0 Å². The second-order valence-electron chi connectivity index (χ2n) is 6.56. The average Bonchev–Trinajstić information content (AvgIpc) is 3.27. The van der Waals surface area contributed by atoms with E-state index in [4.69, 9.17) is 5.73 Å². The van der Waals surface area contributed by atoms with Crippen LogP contribution in [0.5, 0.6) is 0 Å². The van der Waals surface area contributed by atoms with Crippen LogP contribution in [-0.2, 0) is 0 Å². The van der Waals surface area contributed by atoms with Gasteiger partial charge in [-0.25, -0.2) is 0 Å². The van der Waals surface area contributed by atoms with Gasteiger partial charge < -0.3 is 10.6 Å². The molecule has 1 aliphatic carbocycles. The number of piperazine rings is 1. The fourth-order valence-electron chi connectivity index (χ4n) is 3.30. The summed E-state index contributed by atoms with van der Waals surface area (Å²) >= 11 is 3.72. The summed E-state index contributed by atoms with van der Waals surface area (Å²) in [5, 5.41) is 0. The van der Waals surface area contributed by atoms with Gasteiger partial charge in [0, 0.05) is 49.8 Å². The smallest absolute Gasteiger partial charge is 0.0482 e. The maximum atomic E-state index is 6.09. The third-order valence-corrected chi connectivity index (χ3v) is 5.49. The molecule has 116 valence electrons. The Morgan fingerprint density at radius 2 is 1.95 bits per heavy atom.